The number of ether oxygens (including phenoxy) is 1. The molecule has 0 atom stereocenters. The van der Waals surface area contributed by atoms with E-state index in [1.54, 1.807) is 7.11 Å². The zero-order valence-electron chi connectivity index (χ0n) is 10.8. The van der Waals surface area contributed by atoms with Crippen LogP contribution in [0.1, 0.15) is 0 Å². The monoisotopic (exact) mass is 301 g/mol. The van der Waals surface area contributed by atoms with E-state index in [1.807, 2.05) is 48.5 Å². The van der Waals surface area contributed by atoms with Gasteiger partial charge < -0.3 is 4.74 Å². The molecule has 0 saturated carbocycles. The molecule has 4 heteroatoms. The van der Waals surface area contributed by atoms with Gasteiger partial charge in [0.05, 0.1) is 17.7 Å². The number of hydrogen-bond donors (Lipinski definition) is 0. The molecule has 3 aromatic rings. The minimum absolute atomic E-state index is 0.721. The first-order chi connectivity index (χ1) is 9.78. The van der Waals surface area contributed by atoms with Crippen molar-refractivity contribution < 1.29 is 4.74 Å². The lowest BCUT2D eigenvalue weighted by Gasteiger charge is -2.00. The lowest BCUT2D eigenvalue weighted by atomic mass is 10.1. The molecule has 0 spiro atoms. The molecular formula is C16H12ClNOS. The van der Waals surface area contributed by atoms with Gasteiger partial charge in [0.15, 0.2) is 0 Å². The molecule has 0 saturated heterocycles. The van der Waals surface area contributed by atoms with E-state index in [2.05, 4.69) is 10.4 Å². The van der Waals surface area contributed by atoms with E-state index in [9.17, 15) is 0 Å². The third-order valence-electron chi connectivity index (χ3n) is 3.03. The fourth-order valence-corrected chi connectivity index (χ4v) is 2.95. The van der Waals surface area contributed by atoms with Crippen LogP contribution < -0.4 is 4.74 Å². The highest BCUT2D eigenvalue weighted by Crippen LogP contribution is 2.33. The highest BCUT2D eigenvalue weighted by atomic mass is 35.5. The maximum atomic E-state index is 6.20. The largest absolute Gasteiger partial charge is 0.497 e. The van der Waals surface area contributed by atoms with Gasteiger partial charge in [0, 0.05) is 10.6 Å². The van der Waals surface area contributed by atoms with Crippen molar-refractivity contribution in [2.24, 2.45) is 0 Å². The normalized spacial score (nSPS) is 10.5. The quantitative estimate of drug-likeness (QED) is 0.668. The summed E-state index contributed by atoms with van der Waals surface area (Å²) in [6.07, 6.45) is 0. The number of nitrogens with zero attached hydrogens (tertiary/aromatic N) is 1. The molecule has 2 aromatic carbocycles. The van der Waals surface area contributed by atoms with Crippen LogP contribution in [0.4, 0.5) is 0 Å². The molecule has 0 N–H and O–H groups in total. The first kappa shape index (κ1) is 13.2. The number of aromatic nitrogens is 1. The molecule has 100 valence electrons. The number of methoxy groups -OCH3 is 1. The molecule has 1 heterocycles. The highest BCUT2D eigenvalue weighted by Gasteiger charge is 2.09. The summed E-state index contributed by atoms with van der Waals surface area (Å²) < 4.78 is 9.66. The molecule has 1 aromatic heterocycles. The molecule has 0 radical (unpaired) electrons. The summed E-state index contributed by atoms with van der Waals surface area (Å²) in [5.74, 6) is 0.851. The summed E-state index contributed by atoms with van der Waals surface area (Å²) >= 11 is 7.67. The average Bonchev–Trinajstić information content (AvgIpc) is 2.97. The Balaban J connectivity index is 1.95. The third kappa shape index (κ3) is 2.55. The first-order valence-electron chi connectivity index (χ1n) is 6.14. The Hall–Kier alpha value is -1.84. The van der Waals surface area contributed by atoms with Crippen molar-refractivity contribution in [3.05, 3.63) is 59.6 Å². The summed E-state index contributed by atoms with van der Waals surface area (Å²) in [6, 6.07) is 17.8. The molecule has 0 bridgehead atoms. The van der Waals surface area contributed by atoms with Gasteiger partial charge in [0.1, 0.15) is 5.75 Å². The summed E-state index contributed by atoms with van der Waals surface area (Å²) in [7, 11) is 1.66. The molecule has 0 unspecified atom stereocenters. The molecule has 3 rings (SSSR count). The van der Waals surface area contributed by atoms with Crippen LogP contribution in [0.15, 0.2) is 54.6 Å². The standard InChI is InChI=1S/C16H12ClNOS/c1-19-12-8-6-11(7-9-12)16-10-15(18-20-16)13-4-2-3-5-14(13)17/h2-10H,1H3. The van der Waals surface area contributed by atoms with Crippen molar-refractivity contribution in [3.63, 3.8) is 0 Å². The predicted molar refractivity (Wildman–Crippen MR) is 84.5 cm³/mol. The average molecular weight is 302 g/mol. The fraction of sp³-hybridized carbons (Fsp3) is 0.0625. The summed E-state index contributed by atoms with van der Waals surface area (Å²) in [6.45, 7) is 0. The molecule has 2 nitrogen and oxygen atoms in total. The van der Waals surface area contributed by atoms with E-state index in [0.717, 1.165) is 32.5 Å². The van der Waals surface area contributed by atoms with Crippen LogP contribution >= 0.6 is 23.1 Å². The number of rotatable bonds is 3. The smallest absolute Gasteiger partial charge is 0.118 e. The summed E-state index contributed by atoms with van der Waals surface area (Å²) in [5, 5.41) is 0.721. The molecule has 0 fully saturated rings. The molecular weight excluding hydrogens is 290 g/mol. The van der Waals surface area contributed by atoms with E-state index >= 15 is 0 Å². The van der Waals surface area contributed by atoms with Gasteiger partial charge in [-0.1, -0.05) is 29.8 Å². The Bertz CT molecular complexity index is 721. The molecule has 0 aliphatic heterocycles. The van der Waals surface area contributed by atoms with E-state index in [4.69, 9.17) is 16.3 Å². The van der Waals surface area contributed by atoms with Gasteiger partial charge in [-0.15, -0.1) is 0 Å². The predicted octanol–water partition coefficient (Wildman–Crippen LogP) is 5.14. The van der Waals surface area contributed by atoms with Crippen molar-refractivity contribution in [3.8, 4) is 27.4 Å². The lowest BCUT2D eigenvalue weighted by molar-refractivity contribution is 0.415. The maximum absolute atomic E-state index is 6.20. The van der Waals surface area contributed by atoms with E-state index in [-0.39, 0.29) is 0 Å². The van der Waals surface area contributed by atoms with Crippen LogP contribution in [-0.4, -0.2) is 11.5 Å². The van der Waals surface area contributed by atoms with Crippen molar-refractivity contribution in [1.29, 1.82) is 0 Å². The van der Waals surface area contributed by atoms with Gasteiger partial charge in [0.25, 0.3) is 0 Å². The Morgan fingerprint density at radius 1 is 1.05 bits per heavy atom. The van der Waals surface area contributed by atoms with Crippen LogP contribution in [0.25, 0.3) is 21.7 Å². The maximum Gasteiger partial charge on any atom is 0.118 e. The number of hydrogen-bond acceptors (Lipinski definition) is 3. The highest BCUT2D eigenvalue weighted by molar-refractivity contribution is 7.09. The second-order valence-corrected chi connectivity index (χ2v) is 5.50. The number of benzene rings is 2. The third-order valence-corrected chi connectivity index (χ3v) is 4.20. The van der Waals surface area contributed by atoms with E-state index in [0.29, 0.717) is 0 Å². The second-order valence-electron chi connectivity index (χ2n) is 4.28. The van der Waals surface area contributed by atoms with Crippen molar-refractivity contribution in [2.75, 3.05) is 7.11 Å². The Labute approximate surface area is 126 Å². The van der Waals surface area contributed by atoms with E-state index < -0.39 is 0 Å². The van der Waals surface area contributed by atoms with Gasteiger partial charge >= 0.3 is 0 Å². The zero-order chi connectivity index (χ0) is 13.9. The SMILES string of the molecule is COc1ccc(-c2cc(-c3ccccc3Cl)ns2)cc1. The molecule has 0 aliphatic rings. The molecule has 20 heavy (non-hydrogen) atoms. The van der Waals surface area contributed by atoms with Crippen molar-refractivity contribution in [1.82, 2.24) is 4.37 Å². The van der Waals surface area contributed by atoms with Gasteiger partial charge in [-0.25, -0.2) is 0 Å². The van der Waals surface area contributed by atoms with E-state index in [1.165, 1.54) is 11.5 Å². The Kier molecular flexibility index (Phi) is 3.72. The van der Waals surface area contributed by atoms with Crippen LogP contribution in [-0.2, 0) is 0 Å². The van der Waals surface area contributed by atoms with Crippen molar-refractivity contribution in [2.45, 2.75) is 0 Å². The molecule has 0 aliphatic carbocycles. The van der Waals surface area contributed by atoms with Gasteiger partial charge in [-0.05, 0) is 53.5 Å². The van der Waals surface area contributed by atoms with Crippen molar-refractivity contribution >= 4 is 23.1 Å². The minimum Gasteiger partial charge on any atom is -0.497 e. The number of halogens is 1. The van der Waals surface area contributed by atoms with Crippen LogP contribution in [0, 0.1) is 0 Å². The topological polar surface area (TPSA) is 22.1 Å². The second kappa shape index (κ2) is 5.65. The summed E-state index contributed by atoms with van der Waals surface area (Å²) in [4.78, 5) is 1.11. The van der Waals surface area contributed by atoms with Crippen LogP contribution in [0.3, 0.4) is 0 Å². The lowest BCUT2D eigenvalue weighted by Crippen LogP contribution is -1.81. The Morgan fingerprint density at radius 2 is 1.80 bits per heavy atom. The first-order valence-corrected chi connectivity index (χ1v) is 7.29. The fourth-order valence-electron chi connectivity index (χ4n) is 1.96. The van der Waals surface area contributed by atoms with Gasteiger partial charge in [-0.2, -0.15) is 4.37 Å². The molecule has 0 amide bonds. The van der Waals surface area contributed by atoms with Crippen LogP contribution in [0.5, 0.6) is 5.75 Å². The zero-order valence-corrected chi connectivity index (χ0v) is 12.4. The van der Waals surface area contributed by atoms with Gasteiger partial charge in [-0.3, -0.25) is 0 Å². The minimum atomic E-state index is 0.721. The summed E-state index contributed by atoms with van der Waals surface area (Å²) in [5.41, 5.74) is 3.00. The van der Waals surface area contributed by atoms with Gasteiger partial charge in [0.2, 0.25) is 0 Å². The van der Waals surface area contributed by atoms with Crippen LogP contribution in [0.2, 0.25) is 5.02 Å². The Morgan fingerprint density at radius 3 is 2.50 bits per heavy atom.